The summed E-state index contributed by atoms with van der Waals surface area (Å²) in [4.78, 5) is 1.69. The summed E-state index contributed by atoms with van der Waals surface area (Å²) in [6.07, 6.45) is 0. The second-order valence-electron chi connectivity index (χ2n) is 3.45. The molecule has 2 aromatic rings. The topological polar surface area (TPSA) is 30.7 Å². The van der Waals surface area contributed by atoms with Crippen molar-refractivity contribution >= 4 is 0 Å². The zero-order valence-corrected chi connectivity index (χ0v) is 8.65. The van der Waals surface area contributed by atoms with E-state index < -0.39 is 0 Å². The molecular weight excluding hydrogens is 174 g/mol. The van der Waals surface area contributed by atoms with E-state index in [0.29, 0.717) is 0 Å². The third-order valence-corrected chi connectivity index (χ3v) is 2.34. The Bertz CT molecular complexity index is 438. The summed E-state index contributed by atoms with van der Waals surface area (Å²) in [7, 11) is 0. The Labute approximate surface area is 83.4 Å². The minimum atomic E-state index is 0.980. The van der Waals surface area contributed by atoms with Crippen LogP contribution in [0, 0.1) is 20.8 Å². The number of nitrogens with zero attached hydrogens (tertiary/aromatic N) is 3. The highest BCUT2D eigenvalue weighted by molar-refractivity contribution is 5.38. The van der Waals surface area contributed by atoms with Gasteiger partial charge in [0.15, 0.2) is 0 Å². The molecule has 0 aliphatic rings. The Kier molecular flexibility index (Phi) is 2.08. The molecule has 14 heavy (non-hydrogen) atoms. The van der Waals surface area contributed by atoms with Crippen molar-refractivity contribution in [2.45, 2.75) is 20.8 Å². The molecule has 0 saturated carbocycles. The molecule has 3 heteroatoms. The molecule has 1 aromatic carbocycles. The molecule has 0 N–H and O–H groups in total. The normalized spacial score (nSPS) is 10.5. The van der Waals surface area contributed by atoms with E-state index in [1.807, 2.05) is 32.0 Å². The van der Waals surface area contributed by atoms with Gasteiger partial charge in [0, 0.05) is 0 Å². The zero-order chi connectivity index (χ0) is 10.1. The lowest BCUT2D eigenvalue weighted by Crippen LogP contribution is -2.00. The molecule has 0 unspecified atom stereocenters. The third-order valence-electron chi connectivity index (χ3n) is 2.34. The molecule has 0 fully saturated rings. The van der Waals surface area contributed by atoms with Crippen molar-refractivity contribution in [3.63, 3.8) is 0 Å². The first-order valence-corrected chi connectivity index (χ1v) is 4.65. The van der Waals surface area contributed by atoms with Gasteiger partial charge >= 0.3 is 0 Å². The predicted octanol–water partition coefficient (Wildman–Crippen LogP) is 2.19. The van der Waals surface area contributed by atoms with Gasteiger partial charge in [-0.3, -0.25) is 0 Å². The summed E-state index contributed by atoms with van der Waals surface area (Å²) >= 11 is 0. The maximum atomic E-state index is 4.35. The Hall–Kier alpha value is -1.64. The van der Waals surface area contributed by atoms with Crippen LogP contribution in [0.25, 0.3) is 5.69 Å². The predicted molar refractivity (Wildman–Crippen MR) is 55.6 cm³/mol. The van der Waals surface area contributed by atoms with Gasteiger partial charge in [-0.05, 0) is 32.4 Å². The highest BCUT2D eigenvalue weighted by Crippen LogP contribution is 2.12. The molecule has 0 aliphatic heterocycles. The van der Waals surface area contributed by atoms with Crippen molar-refractivity contribution in [3.05, 3.63) is 41.2 Å². The number of aryl methyl sites for hydroxylation is 3. The molecule has 72 valence electrons. The van der Waals surface area contributed by atoms with Gasteiger partial charge in [-0.25, -0.2) is 0 Å². The maximum Gasteiger partial charge on any atom is 0.0885 e. The molecule has 0 atom stereocenters. The first-order chi connectivity index (χ1) is 6.68. The van der Waals surface area contributed by atoms with Gasteiger partial charge in [-0.15, -0.1) is 0 Å². The summed E-state index contributed by atoms with van der Waals surface area (Å²) in [6.45, 7) is 6.00. The quantitative estimate of drug-likeness (QED) is 0.685. The number of hydrogen-bond donors (Lipinski definition) is 0. The largest absolute Gasteiger partial charge is 0.153 e. The van der Waals surface area contributed by atoms with E-state index >= 15 is 0 Å². The van der Waals surface area contributed by atoms with Crippen LogP contribution in [0.2, 0.25) is 0 Å². The van der Waals surface area contributed by atoms with E-state index in [1.54, 1.807) is 4.80 Å². The van der Waals surface area contributed by atoms with Crippen molar-refractivity contribution in [2.75, 3.05) is 0 Å². The highest BCUT2D eigenvalue weighted by atomic mass is 15.5. The van der Waals surface area contributed by atoms with E-state index in [9.17, 15) is 0 Å². The Morgan fingerprint density at radius 3 is 2.07 bits per heavy atom. The average molecular weight is 187 g/mol. The molecule has 0 saturated heterocycles. The minimum Gasteiger partial charge on any atom is -0.153 e. The molecule has 0 spiro atoms. The van der Waals surface area contributed by atoms with Gasteiger partial charge in [-0.2, -0.15) is 15.0 Å². The second-order valence-corrected chi connectivity index (χ2v) is 3.45. The number of benzene rings is 1. The van der Waals surface area contributed by atoms with Crippen LogP contribution in [0.3, 0.4) is 0 Å². The lowest BCUT2D eigenvalue weighted by molar-refractivity contribution is 0.736. The van der Waals surface area contributed by atoms with Crippen molar-refractivity contribution in [2.24, 2.45) is 0 Å². The van der Waals surface area contributed by atoms with Crippen LogP contribution in [0.4, 0.5) is 0 Å². The number of aromatic nitrogens is 3. The lowest BCUT2D eigenvalue weighted by atomic mass is 10.2. The van der Waals surface area contributed by atoms with Crippen molar-refractivity contribution in [1.82, 2.24) is 15.0 Å². The number of hydrogen-bond acceptors (Lipinski definition) is 2. The molecule has 0 aliphatic carbocycles. The van der Waals surface area contributed by atoms with Crippen LogP contribution >= 0.6 is 0 Å². The minimum absolute atomic E-state index is 0.980. The van der Waals surface area contributed by atoms with Crippen molar-refractivity contribution in [1.29, 1.82) is 0 Å². The summed E-state index contributed by atoms with van der Waals surface area (Å²) in [6, 6.07) is 8.09. The summed E-state index contributed by atoms with van der Waals surface area (Å²) in [5.74, 6) is 0. The first-order valence-electron chi connectivity index (χ1n) is 4.65. The standard InChI is InChI=1S/C11H13N3/c1-8-6-4-5-7-11(8)14-12-9(2)10(3)13-14/h4-7H,1-3H3. The van der Waals surface area contributed by atoms with Crippen molar-refractivity contribution in [3.8, 4) is 5.69 Å². The fraction of sp³-hybridized carbons (Fsp3) is 0.273. The number of para-hydroxylation sites is 1. The smallest absolute Gasteiger partial charge is 0.0885 e. The number of rotatable bonds is 1. The van der Waals surface area contributed by atoms with Gasteiger partial charge in [0.1, 0.15) is 0 Å². The van der Waals surface area contributed by atoms with E-state index in [0.717, 1.165) is 17.1 Å². The van der Waals surface area contributed by atoms with E-state index in [1.165, 1.54) is 5.56 Å². The fourth-order valence-corrected chi connectivity index (χ4v) is 1.35. The van der Waals surface area contributed by atoms with Crippen LogP contribution in [0.15, 0.2) is 24.3 Å². The zero-order valence-electron chi connectivity index (χ0n) is 8.65. The second kappa shape index (κ2) is 3.25. The van der Waals surface area contributed by atoms with Gasteiger partial charge < -0.3 is 0 Å². The van der Waals surface area contributed by atoms with Gasteiger partial charge in [0.05, 0.1) is 17.1 Å². The lowest BCUT2D eigenvalue weighted by Gasteiger charge is -2.02. The Morgan fingerprint density at radius 1 is 0.929 bits per heavy atom. The van der Waals surface area contributed by atoms with Crippen LogP contribution in [0.5, 0.6) is 0 Å². The molecule has 1 heterocycles. The summed E-state index contributed by atoms with van der Waals surface area (Å²) in [5.41, 5.74) is 4.19. The van der Waals surface area contributed by atoms with Gasteiger partial charge in [0.2, 0.25) is 0 Å². The third kappa shape index (κ3) is 1.41. The molecule has 0 amide bonds. The van der Waals surface area contributed by atoms with Gasteiger partial charge in [0.25, 0.3) is 0 Å². The molecular formula is C11H13N3. The van der Waals surface area contributed by atoms with Crippen molar-refractivity contribution < 1.29 is 0 Å². The first kappa shape index (κ1) is 8.94. The Balaban J connectivity index is 2.55. The fourth-order valence-electron chi connectivity index (χ4n) is 1.35. The molecule has 1 aromatic heterocycles. The van der Waals surface area contributed by atoms with E-state index in [2.05, 4.69) is 23.2 Å². The molecule has 3 nitrogen and oxygen atoms in total. The monoisotopic (exact) mass is 187 g/mol. The van der Waals surface area contributed by atoms with E-state index in [4.69, 9.17) is 0 Å². The van der Waals surface area contributed by atoms with E-state index in [-0.39, 0.29) is 0 Å². The summed E-state index contributed by atoms with van der Waals surface area (Å²) < 4.78 is 0. The SMILES string of the molecule is Cc1ccccc1-n1nc(C)c(C)n1. The molecule has 0 radical (unpaired) electrons. The van der Waals surface area contributed by atoms with Crippen LogP contribution in [-0.4, -0.2) is 15.0 Å². The highest BCUT2D eigenvalue weighted by Gasteiger charge is 2.05. The van der Waals surface area contributed by atoms with Crippen LogP contribution in [0.1, 0.15) is 17.0 Å². The maximum absolute atomic E-state index is 4.35. The molecule has 0 bridgehead atoms. The van der Waals surface area contributed by atoms with Crippen LogP contribution < -0.4 is 0 Å². The van der Waals surface area contributed by atoms with Crippen LogP contribution in [-0.2, 0) is 0 Å². The average Bonchev–Trinajstić information content (AvgIpc) is 2.48. The van der Waals surface area contributed by atoms with Gasteiger partial charge in [-0.1, -0.05) is 18.2 Å². The molecule has 2 rings (SSSR count). The Morgan fingerprint density at radius 2 is 1.50 bits per heavy atom. The summed E-state index contributed by atoms with van der Waals surface area (Å²) in [5, 5.41) is 8.69.